The average molecular weight is 252 g/mol. The van der Waals surface area contributed by atoms with Crippen LogP contribution >= 0.6 is 11.3 Å². The highest BCUT2D eigenvalue weighted by molar-refractivity contribution is 7.14. The minimum Gasteiger partial charge on any atom is -0.396 e. The molecule has 17 heavy (non-hydrogen) atoms. The Labute approximate surface area is 101 Å². The SMILES string of the molecule is O=c1cc(CN2CC(CO)C2)nc2scnn12. The van der Waals surface area contributed by atoms with Crippen molar-refractivity contribution in [3.8, 4) is 0 Å². The molecule has 1 fully saturated rings. The van der Waals surface area contributed by atoms with Gasteiger partial charge in [-0.15, -0.1) is 0 Å². The number of hydrogen-bond donors (Lipinski definition) is 1. The van der Waals surface area contributed by atoms with E-state index in [0.29, 0.717) is 17.4 Å². The number of aliphatic hydroxyl groups excluding tert-OH is 1. The summed E-state index contributed by atoms with van der Waals surface area (Å²) in [6.07, 6.45) is 0. The Morgan fingerprint density at radius 3 is 3.12 bits per heavy atom. The van der Waals surface area contributed by atoms with Crippen LogP contribution in [-0.4, -0.2) is 44.3 Å². The molecule has 0 bridgehead atoms. The van der Waals surface area contributed by atoms with Crippen molar-refractivity contribution in [3.05, 3.63) is 27.6 Å². The van der Waals surface area contributed by atoms with Crippen LogP contribution in [0.25, 0.3) is 4.96 Å². The van der Waals surface area contributed by atoms with Gasteiger partial charge in [0.1, 0.15) is 5.51 Å². The smallest absolute Gasteiger partial charge is 0.275 e. The molecular formula is C10H12N4O2S. The van der Waals surface area contributed by atoms with Crippen LogP contribution in [0.5, 0.6) is 0 Å². The first-order valence-electron chi connectivity index (χ1n) is 5.42. The van der Waals surface area contributed by atoms with E-state index in [1.165, 1.54) is 21.9 Å². The molecule has 3 rings (SSSR count). The van der Waals surface area contributed by atoms with Crippen LogP contribution in [0.1, 0.15) is 5.69 Å². The molecule has 0 amide bonds. The normalized spacial score (nSPS) is 17.5. The second-order valence-electron chi connectivity index (χ2n) is 4.26. The molecule has 1 N–H and O–H groups in total. The summed E-state index contributed by atoms with van der Waals surface area (Å²) in [4.78, 5) is 18.9. The summed E-state index contributed by atoms with van der Waals surface area (Å²) in [5.74, 6) is 0.378. The predicted octanol–water partition coefficient (Wildman–Crippen LogP) is -0.425. The lowest BCUT2D eigenvalue weighted by atomic mass is 10.0. The molecule has 2 aromatic rings. The fraction of sp³-hybridized carbons (Fsp3) is 0.500. The first-order chi connectivity index (χ1) is 8.26. The standard InChI is InChI=1S/C10H12N4O2S/c15-5-7-2-13(3-7)4-8-1-9(16)14-10(12-8)17-6-11-14/h1,6-7,15H,2-5H2. The lowest BCUT2D eigenvalue weighted by molar-refractivity contribution is 0.0470. The van der Waals surface area contributed by atoms with Gasteiger partial charge in [0.25, 0.3) is 5.56 Å². The highest BCUT2D eigenvalue weighted by Crippen LogP contribution is 2.17. The molecular weight excluding hydrogens is 240 g/mol. The third kappa shape index (κ3) is 1.97. The van der Waals surface area contributed by atoms with Crippen molar-refractivity contribution in [3.63, 3.8) is 0 Å². The fourth-order valence-electron chi connectivity index (χ4n) is 2.03. The number of aromatic nitrogens is 3. The summed E-state index contributed by atoms with van der Waals surface area (Å²) in [5, 5.41) is 12.8. The van der Waals surface area contributed by atoms with Crippen LogP contribution in [0.2, 0.25) is 0 Å². The van der Waals surface area contributed by atoms with Crippen molar-refractivity contribution in [2.75, 3.05) is 19.7 Å². The van der Waals surface area contributed by atoms with Gasteiger partial charge in [0, 0.05) is 38.2 Å². The molecule has 0 aliphatic carbocycles. The monoisotopic (exact) mass is 252 g/mol. The highest BCUT2D eigenvalue weighted by Gasteiger charge is 2.26. The van der Waals surface area contributed by atoms with E-state index in [4.69, 9.17) is 5.11 Å². The summed E-state index contributed by atoms with van der Waals surface area (Å²) in [6.45, 7) is 2.65. The molecule has 1 saturated heterocycles. The Bertz CT molecular complexity index is 587. The Kier molecular flexibility index (Phi) is 2.65. The van der Waals surface area contributed by atoms with Crippen LogP contribution in [-0.2, 0) is 6.54 Å². The summed E-state index contributed by atoms with van der Waals surface area (Å²) in [5.41, 5.74) is 2.25. The fourth-order valence-corrected chi connectivity index (χ4v) is 2.67. The molecule has 0 radical (unpaired) electrons. The zero-order valence-electron chi connectivity index (χ0n) is 9.11. The van der Waals surface area contributed by atoms with E-state index in [-0.39, 0.29) is 12.2 Å². The van der Waals surface area contributed by atoms with Gasteiger partial charge in [0.15, 0.2) is 0 Å². The topological polar surface area (TPSA) is 70.7 Å². The van der Waals surface area contributed by atoms with Crippen molar-refractivity contribution in [2.24, 2.45) is 5.92 Å². The van der Waals surface area contributed by atoms with Gasteiger partial charge in [-0.1, -0.05) is 11.3 Å². The summed E-state index contributed by atoms with van der Waals surface area (Å²) < 4.78 is 1.31. The quantitative estimate of drug-likeness (QED) is 0.803. The maximum absolute atomic E-state index is 11.7. The van der Waals surface area contributed by atoms with Crippen molar-refractivity contribution in [1.29, 1.82) is 0 Å². The van der Waals surface area contributed by atoms with E-state index in [2.05, 4.69) is 15.0 Å². The van der Waals surface area contributed by atoms with Crippen LogP contribution in [0, 0.1) is 5.92 Å². The van der Waals surface area contributed by atoms with Crippen molar-refractivity contribution < 1.29 is 5.11 Å². The minimum atomic E-state index is -0.134. The molecule has 90 valence electrons. The molecule has 7 heteroatoms. The van der Waals surface area contributed by atoms with E-state index in [9.17, 15) is 4.79 Å². The van der Waals surface area contributed by atoms with E-state index in [1.807, 2.05) is 0 Å². The Morgan fingerprint density at radius 2 is 2.35 bits per heavy atom. The van der Waals surface area contributed by atoms with E-state index in [0.717, 1.165) is 18.8 Å². The van der Waals surface area contributed by atoms with Gasteiger partial charge in [0.05, 0.1) is 5.69 Å². The molecule has 2 aromatic heterocycles. The second-order valence-corrected chi connectivity index (χ2v) is 5.07. The average Bonchev–Trinajstić information content (AvgIpc) is 2.71. The molecule has 0 aromatic carbocycles. The molecule has 0 spiro atoms. The first-order valence-corrected chi connectivity index (χ1v) is 6.30. The third-order valence-electron chi connectivity index (χ3n) is 2.92. The lowest BCUT2D eigenvalue weighted by Crippen LogP contribution is -2.47. The second kappa shape index (κ2) is 4.17. The van der Waals surface area contributed by atoms with Gasteiger partial charge in [-0.2, -0.15) is 9.61 Å². The molecule has 0 saturated carbocycles. The summed E-state index contributed by atoms with van der Waals surface area (Å²) in [6, 6.07) is 1.53. The maximum Gasteiger partial charge on any atom is 0.275 e. The van der Waals surface area contributed by atoms with Gasteiger partial charge in [-0.05, 0) is 0 Å². The van der Waals surface area contributed by atoms with Gasteiger partial charge in [0.2, 0.25) is 4.96 Å². The lowest BCUT2D eigenvalue weighted by Gasteiger charge is -2.37. The predicted molar refractivity (Wildman–Crippen MR) is 63.0 cm³/mol. The van der Waals surface area contributed by atoms with E-state index >= 15 is 0 Å². The molecule has 3 heterocycles. The Hall–Kier alpha value is -1.31. The number of nitrogens with zero attached hydrogens (tertiary/aromatic N) is 4. The van der Waals surface area contributed by atoms with Gasteiger partial charge >= 0.3 is 0 Å². The van der Waals surface area contributed by atoms with Gasteiger partial charge in [-0.25, -0.2) is 4.98 Å². The van der Waals surface area contributed by atoms with Gasteiger partial charge in [-0.3, -0.25) is 9.69 Å². The Balaban J connectivity index is 1.79. The number of rotatable bonds is 3. The van der Waals surface area contributed by atoms with E-state index in [1.54, 1.807) is 5.51 Å². The summed E-state index contributed by atoms with van der Waals surface area (Å²) in [7, 11) is 0. The molecule has 6 nitrogen and oxygen atoms in total. The van der Waals surface area contributed by atoms with Crippen LogP contribution in [0.3, 0.4) is 0 Å². The minimum absolute atomic E-state index is 0.134. The zero-order valence-corrected chi connectivity index (χ0v) is 9.93. The van der Waals surface area contributed by atoms with Crippen LogP contribution in [0.15, 0.2) is 16.4 Å². The van der Waals surface area contributed by atoms with Crippen LogP contribution in [0.4, 0.5) is 0 Å². The zero-order chi connectivity index (χ0) is 11.8. The number of hydrogen-bond acceptors (Lipinski definition) is 6. The van der Waals surface area contributed by atoms with Crippen molar-refractivity contribution >= 4 is 16.3 Å². The van der Waals surface area contributed by atoms with Crippen molar-refractivity contribution in [1.82, 2.24) is 19.5 Å². The van der Waals surface area contributed by atoms with Crippen molar-refractivity contribution in [2.45, 2.75) is 6.54 Å². The number of likely N-dealkylation sites (tertiary alicyclic amines) is 1. The van der Waals surface area contributed by atoms with Gasteiger partial charge < -0.3 is 5.11 Å². The molecule has 0 unspecified atom stereocenters. The Morgan fingerprint density at radius 1 is 1.53 bits per heavy atom. The summed E-state index contributed by atoms with van der Waals surface area (Å²) >= 11 is 1.36. The molecule has 1 aliphatic heterocycles. The molecule has 0 atom stereocenters. The third-order valence-corrected chi connectivity index (χ3v) is 3.59. The van der Waals surface area contributed by atoms with Crippen LogP contribution < -0.4 is 5.56 Å². The first kappa shape index (κ1) is 10.8. The van der Waals surface area contributed by atoms with E-state index < -0.39 is 0 Å². The highest BCUT2D eigenvalue weighted by atomic mass is 32.1. The largest absolute Gasteiger partial charge is 0.396 e. The molecule has 1 aliphatic rings. The maximum atomic E-state index is 11.7. The number of aliphatic hydroxyl groups is 1. The number of fused-ring (bicyclic) bond motifs is 1.